The van der Waals surface area contributed by atoms with E-state index in [1.807, 2.05) is 13.0 Å². The first-order chi connectivity index (χ1) is 30.7. The van der Waals surface area contributed by atoms with Gasteiger partial charge in [0.1, 0.15) is 0 Å². The Bertz CT molecular complexity index is 1470. The molecule has 0 rings (SSSR count). The van der Waals surface area contributed by atoms with E-state index in [0.717, 1.165) is 135 Å². The summed E-state index contributed by atoms with van der Waals surface area (Å²) < 4.78 is 0. The van der Waals surface area contributed by atoms with E-state index in [-0.39, 0.29) is 12.5 Å². The lowest BCUT2D eigenvalue weighted by Gasteiger charge is -2.19. The molecule has 0 aliphatic carbocycles. The average molecular weight is 846 g/mol. The molecule has 0 saturated heterocycles. The second-order valence-electron chi connectivity index (χ2n) is 15.1. The van der Waals surface area contributed by atoms with Crippen molar-refractivity contribution in [3.63, 3.8) is 0 Å². The molecule has 0 spiro atoms. The smallest absolute Gasteiger partial charge is 0.220 e. The van der Waals surface area contributed by atoms with Crippen LogP contribution < -0.4 is 5.32 Å². The van der Waals surface area contributed by atoms with Gasteiger partial charge in [0.2, 0.25) is 5.91 Å². The summed E-state index contributed by atoms with van der Waals surface area (Å²) in [5.74, 6) is -0.116. The Labute approximate surface area is 380 Å². The number of carbonyl (C=O) groups is 1. The molecule has 0 aromatic rings. The van der Waals surface area contributed by atoms with E-state index in [0.29, 0.717) is 6.42 Å². The molecule has 2 unspecified atom stereocenters. The van der Waals surface area contributed by atoms with E-state index < -0.39 is 12.1 Å². The van der Waals surface area contributed by atoms with Gasteiger partial charge < -0.3 is 15.5 Å². The van der Waals surface area contributed by atoms with Gasteiger partial charge in [-0.2, -0.15) is 0 Å². The van der Waals surface area contributed by atoms with Gasteiger partial charge in [-0.15, -0.1) is 0 Å². The standard InChI is InChI=1S/C58H87NO3/c1-3-5-7-9-11-13-14-15-16-17-18-19-20-21-22-23-24-25-26-27-28-29-30-31-32-33-34-35-36-37-38-39-40-41-42-43-44-46-48-50-52-54-58(62)59-56(55-60)57(61)53-51-49-47-45-12-10-8-6-4-2/h4-7,11-13,15-16,18-19,21-22,24-25,27-28,30-31,33-34,36-37,39-40,42-43,45,51,53,56-57,60-61H,3,8-10,14,17,20,23,26,29,32,35,38,41,44,46-50,52,54-55H2,1-2H3,(H,59,62)/b6-4+,7-5-,13-11-,16-15-,19-18-,22-21-,25-24-,28-27-,31-30-,34-33-,37-36-,40-39-,43-42-,45-12+,53-51+. The van der Waals surface area contributed by atoms with Crippen LogP contribution in [0.1, 0.15) is 155 Å². The Morgan fingerprint density at radius 2 is 0.742 bits per heavy atom. The summed E-state index contributed by atoms with van der Waals surface area (Å²) in [6.45, 7) is 3.90. The van der Waals surface area contributed by atoms with Crippen molar-refractivity contribution in [3.8, 4) is 0 Å². The fourth-order valence-corrected chi connectivity index (χ4v) is 5.84. The van der Waals surface area contributed by atoms with Crippen LogP contribution in [0.15, 0.2) is 182 Å². The first-order valence-electron chi connectivity index (χ1n) is 24.0. The summed E-state index contributed by atoms with van der Waals surface area (Å²) in [4.78, 5) is 12.3. The van der Waals surface area contributed by atoms with Crippen LogP contribution in [0.4, 0.5) is 0 Å². The maximum absolute atomic E-state index is 12.3. The van der Waals surface area contributed by atoms with Crippen molar-refractivity contribution in [3.05, 3.63) is 182 Å². The molecule has 0 bridgehead atoms. The Balaban J connectivity index is 3.74. The largest absolute Gasteiger partial charge is 0.394 e. The SMILES string of the molecule is C/C=C/CC/C=C/CC/C=C/C(O)C(CO)NC(=O)CCCCCC/C=C\C/C=C\C/C=C\C/C=C\C/C=C\C/C=C\C/C=C\C/C=C\C/C=C\C/C=C\C/C=C\C/C=C\CC. The number of aliphatic hydroxyl groups excluding tert-OH is 2. The summed E-state index contributed by atoms with van der Waals surface area (Å²) in [6.07, 6.45) is 86.1. The van der Waals surface area contributed by atoms with Gasteiger partial charge in [-0.1, -0.05) is 202 Å². The first kappa shape index (κ1) is 57.5. The minimum Gasteiger partial charge on any atom is -0.394 e. The van der Waals surface area contributed by atoms with E-state index in [4.69, 9.17) is 0 Å². The van der Waals surface area contributed by atoms with E-state index in [1.54, 1.807) is 6.08 Å². The first-order valence-corrected chi connectivity index (χ1v) is 24.0. The van der Waals surface area contributed by atoms with Crippen LogP contribution in [0, 0.1) is 0 Å². The van der Waals surface area contributed by atoms with Crippen molar-refractivity contribution in [1.82, 2.24) is 5.32 Å². The maximum atomic E-state index is 12.3. The van der Waals surface area contributed by atoms with Gasteiger partial charge in [-0.05, 0) is 129 Å². The van der Waals surface area contributed by atoms with E-state index in [9.17, 15) is 15.0 Å². The molecule has 0 saturated carbocycles. The zero-order chi connectivity index (χ0) is 44.9. The number of hydrogen-bond donors (Lipinski definition) is 3. The number of hydrogen-bond acceptors (Lipinski definition) is 3. The lowest BCUT2D eigenvalue weighted by atomic mass is 10.1. The van der Waals surface area contributed by atoms with Gasteiger partial charge in [0.05, 0.1) is 18.8 Å². The minimum absolute atomic E-state index is 0.116. The lowest BCUT2D eigenvalue weighted by Crippen LogP contribution is -2.45. The van der Waals surface area contributed by atoms with Gasteiger partial charge >= 0.3 is 0 Å². The van der Waals surface area contributed by atoms with Gasteiger partial charge in [0.25, 0.3) is 0 Å². The third kappa shape index (κ3) is 46.6. The van der Waals surface area contributed by atoms with Crippen molar-refractivity contribution in [2.45, 2.75) is 167 Å². The van der Waals surface area contributed by atoms with Crippen molar-refractivity contribution in [2.24, 2.45) is 0 Å². The van der Waals surface area contributed by atoms with Gasteiger partial charge in [-0.3, -0.25) is 4.79 Å². The normalized spacial score (nSPS) is 14.6. The van der Waals surface area contributed by atoms with Gasteiger partial charge in [0.15, 0.2) is 0 Å². The molecule has 4 heteroatoms. The number of carbonyl (C=O) groups excluding carboxylic acids is 1. The highest BCUT2D eigenvalue weighted by molar-refractivity contribution is 5.76. The van der Waals surface area contributed by atoms with Crippen LogP contribution in [-0.2, 0) is 4.79 Å². The van der Waals surface area contributed by atoms with Crippen molar-refractivity contribution in [2.75, 3.05) is 6.61 Å². The molecule has 4 nitrogen and oxygen atoms in total. The number of nitrogens with one attached hydrogen (secondary N) is 1. The Hall–Kier alpha value is -4.51. The monoisotopic (exact) mass is 846 g/mol. The molecule has 0 radical (unpaired) electrons. The molecule has 0 aliphatic heterocycles. The molecule has 0 fully saturated rings. The van der Waals surface area contributed by atoms with Gasteiger partial charge in [0, 0.05) is 6.42 Å². The predicted octanol–water partition coefficient (Wildman–Crippen LogP) is 15.8. The van der Waals surface area contributed by atoms with Crippen LogP contribution in [0.25, 0.3) is 0 Å². The Morgan fingerprint density at radius 1 is 0.419 bits per heavy atom. The summed E-state index contributed by atoms with van der Waals surface area (Å²) in [6, 6.07) is -0.670. The highest BCUT2D eigenvalue weighted by Crippen LogP contribution is 2.08. The molecule has 0 aliphatic rings. The molecule has 1 amide bonds. The molecule has 342 valence electrons. The summed E-state index contributed by atoms with van der Waals surface area (Å²) >= 11 is 0. The van der Waals surface area contributed by atoms with Crippen molar-refractivity contribution in [1.29, 1.82) is 0 Å². The second-order valence-corrected chi connectivity index (χ2v) is 15.1. The number of aliphatic hydroxyl groups is 2. The molecule has 0 aromatic carbocycles. The second kappa shape index (κ2) is 50.8. The average Bonchev–Trinajstić information content (AvgIpc) is 3.28. The van der Waals surface area contributed by atoms with Crippen LogP contribution in [0.2, 0.25) is 0 Å². The Morgan fingerprint density at radius 3 is 1.11 bits per heavy atom. The van der Waals surface area contributed by atoms with Crippen molar-refractivity contribution < 1.29 is 15.0 Å². The van der Waals surface area contributed by atoms with Crippen LogP contribution in [0.3, 0.4) is 0 Å². The van der Waals surface area contributed by atoms with Crippen LogP contribution >= 0.6 is 0 Å². The van der Waals surface area contributed by atoms with Crippen LogP contribution in [-0.4, -0.2) is 34.9 Å². The predicted molar refractivity (Wildman–Crippen MR) is 275 cm³/mol. The van der Waals surface area contributed by atoms with E-state index >= 15 is 0 Å². The highest BCUT2D eigenvalue weighted by Gasteiger charge is 2.17. The zero-order valence-electron chi connectivity index (χ0n) is 39.0. The molecule has 2 atom stereocenters. The lowest BCUT2D eigenvalue weighted by molar-refractivity contribution is -0.123. The van der Waals surface area contributed by atoms with Crippen molar-refractivity contribution >= 4 is 5.91 Å². The maximum Gasteiger partial charge on any atom is 0.220 e. The molecule has 0 aromatic heterocycles. The molecule has 0 heterocycles. The fourth-order valence-electron chi connectivity index (χ4n) is 5.84. The summed E-state index contributed by atoms with van der Waals surface area (Å²) in [7, 11) is 0. The zero-order valence-corrected chi connectivity index (χ0v) is 39.0. The minimum atomic E-state index is -0.892. The highest BCUT2D eigenvalue weighted by atomic mass is 16.3. The third-order valence-electron chi connectivity index (χ3n) is 9.45. The third-order valence-corrected chi connectivity index (χ3v) is 9.45. The molecule has 3 N–H and O–H groups in total. The summed E-state index contributed by atoms with van der Waals surface area (Å²) in [5.41, 5.74) is 0. The molecule has 62 heavy (non-hydrogen) atoms. The van der Waals surface area contributed by atoms with E-state index in [1.165, 1.54) is 0 Å². The number of allylic oxidation sites excluding steroid dienone is 29. The number of unbranched alkanes of at least 4 members (excludes halogenated alkanes) is 6. The quantitative estimate of drug-likeness (QED) is 0.0425. The van der Waals surface area contributed by atoms with Crippen LogP contribution in [0.5, 0.6) is 0 Å². The topological polar surface area (TPSA) is 69.6 Å². The Kier molecular flexibility index (Phi) is 47.1. The summed E-state index contributed by atoms with van der Waals surface area (Å²) in [5, 5.41) is 22.8. The van der Waals surface area contributed by atoms with E-state index in [2.05, 4.69) is 182 Å². The van der Waals surface area contributed by atoms with Gasteiger partial charge in [-0.25, -0.2) is 0 Å². The molecular weight excluding hydrogens is 759 g/mol. The molecular formula is C58H87NO3. The number of rotatable bonds is 40. The number of amides is 1. The fraction of sp³-hybridized carbons (Fsp3) is 0.466.